The molecule has 2 fully saturated rings. The van der Waals surface area contributed by atoms with E-state index in [1.165, 1.54) is 17.8 Å². The first-order chi connectivity index (χ1) is 45.0. The number of ether oxygens (including phenoxy) is 1. The number of aliphatic imine (C=N–C) groups is 3. The Balaban J connectivity index is 0.00000179. The van der Waals surface area contributed by atoms with Crippen LogP contribution in [0.2, 0.25) is 0 Å². The smallest absolute Gasteiger partial charge is 0.756 e. The summed E-state index contributed by atoms with van der Waals surface area (Å²) in [4.78, 5) is 128. The number of aliphatic hydroxyl groups is 3. The number of carbonyl (C=O) groups excluding carboxylic acids is 7. The van der Waals surface area contributed by atoms with Crippen molar-refractivity contribution < 1.29 is 94.0 Å². The summed E-state index contributed by atoms with van der Waals surface area (Å²) in [6, 6.07) is 2.65. The number of amides is 7. The molecule has 8 bridgehead atoms. The molecule has 8 rings (SSSR count). The largest absolute Gasteiger partial charge is 3.00 e. The number of benzene rings is 1. The summed E-state index contributed by atoms with van der Waals surface area (Å²) >= 11 is 3.61. The van der Waals surface area contributed by atoms with Crippen LogP contribution in [0.25, 0.3) is 16.4 Å². The van der Waals surface area contributed by atoms with Crippen LogP contribution in [0, 0.1) is 59.2 Å². The minimum atomic E-state index is -5.32. The normalized spacial score (nSPS) is 31.8. The van der Waals surface area contributed by atoms with Gasteiger partial charge < -0.3 is 94.4 Å². The van der Waals surface area contributed by atoms with Crippen LogP contribution < -0.4 is 55.5 Å². The fourth-order valence-corrected chi connectivity index (χ4v) is 16.7. The topological polar surface area (TPSA) is 534 Å². The maximum absolute atomic E-state index is 14.4. The molecular formula is C65H94CoN14O16PS. The van der Waals surface area contributed by atoms with Crippen LogP contribution in [0.3, 0.4) is 0 Å². The number of hydrogen-bond acceptors (Lipinski definition) is 22. The zero-order valence-electron chi connectivity index (χ0n) is 57.1. The molecule has 0 aliphatic carbocycles. The van der Waals surface area contributed by atoms with E-state index in [0.717, 1.165) is 11.1 Å². The van der Waals surface area contributed by atoms with Crippen molar-refractivity contribution in [1.29, 1.82) is 0 Å². The number of aryl methyl sites for hydroxylation is 2. The number of nitrogens with one attached hydrogen (secondary N) is 1. The van der Waals surface area contributed by atoms with Gasteiger partial charge in [-0.15, -0.1) is 0 Å². The number of hydrogen-bond donors (Lipinski definition) is 12. The molecule has 15 atom stereocenters. The van der Waals surface area contributed by atoms with Crippen LogP contribution in [-0.2, 0) is 68.7 Å². The zero-order valence-corrected chi connectivity index (χ0v) is 59.9. The molecule has 15 unspecified atom stereocenters. The maximum Gasteiger partial charge on any atom is 3.00 e. The number of nitrogens with two attached hydrogens (primary N) is 7. The number of carbonyl (C=O) groups is 7. The first kappa shape index (κ1) is 80.0. The number of phosphoric acid groups is 1. The van der Waals surface area contributed by atoms with Crippen LogP contribution in [0.1, 0.15) is 150 Å². The third kappa shape index (κ3) is 16.2. The molecule has 7 heterocycles. The molecule has 33 heteroatoms. The van der Waals surface area contributed by atoms with Crippen molar-refractivity contribution in [3.05, 3.63) is 80.9 Å². The third-order valence-corrected chi connectivity index (χ3v) is 22.4. The predicted molar refractivity (Wildman–Crippen MR) is 359 cm³/mol. The number of aromatic nitrogens is 2. The van der Waals surface area contributed by atoms with Crippen molar-refractivity contribution in [2.45, 2.75) is 189 Å². The van der Waals surface area contributed by atoms with E-state index in [1.54, 1.807) is 6.92 Å². The van der Waals surface area contributed by atoms with Gasteiger partial charge in [0.15, 0.2) is 6.23 Å². The van der Waals surface area contributed by atoms with Crippen molar-refractivity contribution in [2.75, 3.05) is 18.9 Å². The van der Waals surface area contributed by atoms with Gasteiger partial charge >= 0.3 is 16.8 Å². The number of fused-ring (bicyclic) bond motifs is 7. The second-order valence-corrected chi connectivity index (χ2v) is 29.6. The van der Waals surface area contributed by atoms with Crippen LogP contribution in [0.5, 0.6) is 0 Å². The van der Waals surface area contributed by atoms with Gasteiger partial charge in [0.25, 0.3) is 7.82 Å². The fourth-order valence-electron chi connectivity index (χ4n) is 15.4. The molecule has 1 aromatic heterocycles. The van der Waals surface area contributed by atoms with E-state index < -0.39 is 149 Å². The van der Waals surface area contributed by atoms with E-state index in [0.29, 0.717) is 56.4 Å². The summed E-state index contributed by atoms with van der Waals surface area (Å²) in [7, 11) is -5.32. The Morgan fingerprint density at radius 1 is 0.806 bits per heavy atom. The average molecular weight is 1450 g/mol. The number of thiol groups is 1. The zero-order chi connectivity index (χ0) is 72.6. The number of allylic oxidation sites excluding steroid dienone is 6. The molecule has 98 heavy (non-hydrogen) atoms. The van der Waals surface area contributed by atoms with Crippen molar-refractivity contribution in [1.82, 2.24) is 14.9 Å². The summed E-state index contributed by atoms with van der Waals surface area (Å²) in [6.07, 6.45) is -4.79. The second kappa shape index (κ2) is 30.9. The van der Waals surface area contributed by atoms with Crippen molar-refractivity contribution >= 4 is 90.0 Å². The summed E-state index contributed by atoms with van der Waals surface area (Å²) in [6.45, 7) is 19.0. The molecule has 6 aliphatic heterocycles. The number of nitrogens with zero attached hydrogens (tertiary/aromatic N) is 6. The summed E-state index contributed by atoms with van der Waals surface area (Å²) < 4.78 is 31.9. The van der Waals surface area contributed by atoms with Gasteiger partial charge in [0.2, 0.25) is 41.4 Å². The minimum absolute atomic E-state index is 0. The quantitative estimate of drug-likeness (QED) is 0.0347. The number of aliphatic hydroxyl groups excluding tert-OH is 3. The number of rotatable bonds is 27. The van der Waals surface area contributed by atoms with Gasteiger partial charge in [-0.05, 0) is 119 Å². The van der Waals surface area contributed by atoms with Crippen LogP contribution in [-0.4, -0.2) is 138 Å². The van der Waals surface area contributed by atoms with Crippen molar-refractivity contribution in [3.8, 4) is 0 Å². The second-order valence-electron chi connectivity index (χ2n) is 28.0. The van der Waals surface area contributed by atoms with Gasteiger partial charge in [0, 0.05) is 120 Å². The predicted octanol–water partition coefficient (Wildman–Crippen LogP) is 2.28. The Morgan fingerprint density at radius 2 is 1.39 bits per heavy atom. The van der Waals surface area contributed by atoms with Gasteiger partial charge in [-0.3, -0.25) is 53.1 Å². The van der Waals surface area contributed by atoms with E-state index in [1.807, 2.05) is 80.5 Å². The standard InChI is InChI=1S/C62H90N13O14P.C3H7NO2S.Co/c1-29-20-39-40(21-30(29)2)75(28-70-39)57-52(84)53(41(27-76)87-57)89-90(85,86)88-31(3)26-69-49(83)18-19-59(8)37(22-46(66)80)56-62(11)61(10,25-48(68)82)36(14-17-45(65)79)51(74-62)33(5)55-60(9,24-47(67)81)34(12-15-43(63)77)38(71-55)23-42-58(6,7)35(13-16-44(64)78)50(72-42)32(4)54(59)73-56;4-2(1-7)3(5)6;/h20-21,23,28,31,34-37,41,52-53,56-57,76,84H,12-19,22,24-27H2,1-11H3,(H15,63,64,65,66,67,68,69,71,72,73,74,77,78,79,80,81,82,83,85,86);5-7H,1,4H2;/q;;+3/p-3. The molecule has 0 saturated carbocycles. The molecule has 7 amide bonds. The molecule has 30 nitrogen and oxygen atoms in total. The molecule has 18 N–H and O–H groups in total. The van der Waals surface area contributed by atoms with Crippen molar-refractivity contribution in [3.63, 3.8) is 0 Å². The van der Waals surface area contributed by atoms with E-state index in [2.05, 4.69) is 22.9 Å². The summed E-state index contributed by atoms with van der Waals surface area (Å²) in [5.41, 5.74) is 41.4. The molecule has 0 spiro atoms. The number of imidazole rings is 1. The molecule has 540 valence electrons. The maximum atomic E-state index is 14.4. The van der Waals surface area contributed by atoms with E-state index in [-0.39, 0.29) is 105 Å². The Morgan fingerprint density at radius 3 is 1.93 bits per heavy atom. The van der Waals surface area contributed by atoms with E-state index in [4.69, 9.17) is 79.3 Å². The Bertz CT molecular complexity index is 3770. The SMILES string of the molecule is C/C1=C2/N=C(C=C3N=C(/C(C)=C4\[N-]C(C(CC(N)=O)C4(C)CCC(=O)NCC(C)OP(=O)([O-])OC4C(CO)OC(n5cnc6cc(C)c(C)cc65)C4O)C4(C)N=C1C(CCC(N)=O)C4(C)CC(N)=O)C(CCC(N)=O)C3(C)C)C(CCC(N)=O)C2(C)CC(N)=O.N/C(CS)=C(/[O-])O.[Co+3]. The van der Waals surface area contributed by atoms with Crippen LogP contribution >= 0.6 is 20.5 Å². The summed E-state index contributed by atoms with van der Waals surface area (Å²) in [5.74, 6) is -8.39. The van der Waals surface area contributed by atoms with Gasteiger partial charge in [0.05, 0.1) is 47.3 Å². The molecule has 1 aromatic carbocycles. The average Bonchev–Trinajstić information content (AvgIpc) is 1.53. The van der Waals surface area contributed by atoms with Gasteiger partial charge in [0.1, 0.15) is 18.3 Å². The minimum Gasteiger partial charge on any atom is -0.756 e. The van der Waals surface area contributed by atoms with E-state index in [9.17, 15) is 58.3 Å². The van der Waals surface area contributed by atoms with Crippen molar-refractivity contribution in [2.24, 2.45) is 100 Å². The first-order valence-corrected chi connectivity index (χ1v) is 34.2. The fraction of sp³-hybridized carbons (Fsp3) is 0.615. The van der Waals surface area contributed by atoms with Crippen LogP contribution in [0.4, 0.5) is 0 Å². The Kier molecular flexibility index (Phi) is 25.2. The third-order valence-electron chi connectivity index (χ3n) is 20.9. The van der Waals surface area contributed by atoms with Gasteiger partial charge in [-0.1, -0.05) is 40.7 Å². The molecule has 2 aromatic rings. The molecular weight excluding hydrogens is 1350 g/mol. The first-order valence-electron chi connectivity index (χ1n) is 32.1. The van der Waals surface area contributed by atoms with Gasteiger partial charge in [-0.25, -0.2) is 4.98 Å². The number of phosphoric ester groups is 1. The Hall–Kier alpha value is -7.00. The monoisotopic (exact) mass is 1450 g/mol. The van der Waals surface area contributed by atoms with Crippen LogP contribution in [0.15, 0.2) is 79.4 Å². The van der Waals surface area contributed by atoms with E-state index >= 15 is 0 Å². The molecule has 6 aliphatic rings. The molecule has 0 radical (unpaired) electrons. The summed E-state index contributed by atoms with van der Waals surface area (Å²) in [5, 5.41) is 47.8. The molecule has 2 saturated heterocycles. The number of primary amides is 6. The van der Waals surface area contributed by atoms with Gasteiger partial charge in [-0.2, -0.15) is 18.3 Å². The Labute approximate surface area is 585 Å².